The molecule has 2 rings (SSSR count). The van der Waals surface area contributed by atoms with Gasteiger partial charge in [0, 0.05) is 12.6 Å². The minimum Gasteiger partial charge on any atom is -0.497 e. The summed E-state index contributed by atoms with van der Waals surface area (Å²) < 4.78 is 5.22. The third-order valence-electron chi connectivity index (χ3n) is 3.68. The lowest BCUT2D eigenvalue weighted by Crippen LogP contribution is -2.37. The van der Waals surface area contributed by atoms with E-state index in [0.29, 0.717) is 5.92 Å². The van der Waals surface area contributed by atoms with E-state index in [0.717, 1.165) is 24.3 Å². The van der Waals surface area contributed by atoms with Crippen LogP contribution in [0.2, 0.25) is 0 Å². The van der Waals surface area contributed by atoms with Crippen molar-refractivity contribution < 1.29 is 9.84 Å². The fourth-order valence-electron chi connectivity index (χ4n) is 2.81. The Labute approximate surface area is 109 Å². The lowest BCUT2D eigenvalue weighted by atomic mass is 10.1. The van der Waals surface area contributed by atoms with Gasteiger partial charge in [0.15, 0.2) is 0 Å². The van der Waals surface area contributed by atoms with Crippen LogP contribution < -0.4 is 4.74 Å². The van der Waals surface area contributed by atoms with E-state index >= 15 is 0 Å². The number of aliphatic hydroxyl groups excluding tert-OH is 1. The van der Waals surface area contributed by atoms with E-state index < -0.39 is 6.10 Å². The Kier molecular flexibility index (Phi) is 3.93. The van der Waals surface area contributed by atoms with Gasteiger partial charge in [-0.15, -0.1) is 0 Å². The first-order valence-electron chi connectivity index (χ1n) is 6.58. The molecule has 1 aromatic rings. The number of nitrogens with zero attached hydrogens (tertiary/aromatic N) is 1. The maximum Gasteiger partial charge on any atom is 0.119 e. The Bertz CT molecular complexity index is 417. The minimum atomic E-state index is -0.404. The molecule has 3 nitrogen and oxygen atoms in total. The quantitative estimate of drug-likeness (QED) is 0.888. The van der Waals surface area contributed by atoms with Gasteiger partial charge >= 0.3 is 0 Å². The van der Waals surface area contributed by atoms with Crippen molar-refractivity contribution in [2.45, 2.75) is 32.4 Å². The van der Waals surface area contributed by atoms with E-state index in [-0.39, 0.29) is 6.04 Å². The van der Waals surface area contributed by atoms with E-state index in [9.17, 15) is 5.11 Å². The zero-order valence-electron chi connectivity index (χ0n) is 11.7. The Morgan fingerprint density at radius 3 is 2.78 bits per heavy atom. The molecule has 0 radical (unpaired) electrons. The van der Waals surface area contributed by atoms with Crippen molar-refractivity contribution in [2.75, 3.05) is 20.7 Å². The van der Waals surface area contributed by atoms with Gasteiger partial charge in [-0.25, -0.2) is 0 Å². The molecule has 100 valence electrons. The maximum atomic E-state index is 10.4. The van der Waals surface area contributed by atoms with Crippen LogP contribution in [0.25, 0.3) is 0 Å². The van der Waals surface area contributed by atoms with Crippen molar-refractivity contribution in [2.24, 2.45) is 5.92 Å². The number of benzene rings is 1. The molecule has 0 saturated heterocycles. The number of hydrogen-bond acceptors (Lipinski definition) is 3. The van der Waals surface area contributed by atoms with Crippen LogP contribution in [0.1, 0.15) is 31.1 Å². The molecule has 1 aromatic carbocycles. The molecule has 1 aliphatic rings. The van der Waals surface area contributed by atoms with E-state index in [4.69, 9.17) is 4.74 Å². The Balaban J connectivity index is 2.17. The molecule has 3 heteroatoms. The molecule has 2 atom stereocenters. The summed E-state index contributed by atoms with van der Waals surface area (Å²) in [4.78, 5) is 2.27. The van der Waals surface area contributed by atoms with Gasteiger partial charge in [0.05, 0.1) is 13.2 Å². The highest BCUT2D eigenvalue weighted by atomic mass is 16.5. The summed E-state index contributed by atoms with van der Waals surface area (Å²) in [7, 11) is 3.75. The van der Waals surface area contributed by atoms with Crippen molar-refractivity contribution in [3.05, 3.63) is 29.3 Å². The number of aliphatic hydroxyl groups is 1. The highest BCUT2D eigenvalue weighted by Crippen LogP contribution is 2.36. The molecule has 0 aliphatic heterocycles. The first kappa shape index (κ1) is 13.4. The smallest absolute Gasteiger partial charge is 0.119 e. The van der Waals surface area contributed by atoms with Crippen LogP contribution in [0.4, 0.5) is 0 Å². The lowest BCUT2D eigenvalue weighted by Gasteiger charge is -2.28. The molecule has 0 fully saturated rings. The SMILES string of the molecule is COc1ccc2c(c1)C(O)C(N(C)CC(C)C)C2. The fraction of sp³-hybridized carbons (Fsp3) is 0.600. The van der Waals surface area contributed by atoms with Crippen LogP contribution in [0.5, 0.6) is 5.75 Å². The number of methoxy groups -OCH3 is 1. The van der Waals surface area contributed by atoms with Gasteiger partial charge in [0.2, 0.25) is 0 Å². The van der Waals surface area contributed by atoms with Gasteiger partial charge in [0.25, 0.3) is 0 Å². The van der Waals surface area contributed by atoms with Crippen LogP contribution in [-0.2, 0) is 6.42 Å². The van der Waals surface area contributed by atoms with Crippen molar-refractivity contribution in [1.29, 1.82) is 0 Å². The molecule has 0 amide bonds. The summed E-state index contributed by atoms with van der Waals surface area (Å²) in [6.45, 7) is 5.41. The number of ether oxygens (including phenoxy) is 1. The molecule has 2 unspecified atom stereocenters. The molecule has 0 spiro atoms. The van der Waals surface area contributed by atoms with Gasteiger partial charge in [0.1, 0.15) is 5.75 Å². The first-order chi connectivity index (χ1) is 8.52. The largest absolute Gasteiger partial charge is 0.497 e. The van der Waals surface area contributed by atoms with E-state index in [2.05, 4.69) is 31.9 Å². The fourth-order valence-corrected chi connectivity index (χ4v) is 2.81. The number of fused-ring (bicyclic) bond motifs is 1. The molecular formula is C15H23NO2. The first-order valence-corrected chi connectivity index (χ1v) is 6.58. The molecule has 1 aliphatic carbocycles. The summed E-state index contributed by atoms with van der Waals surface area (Å²) in [5.74, 6) is 1.43. The Morgan fingerprint density at radius 2 is 2.17 bits per heavy atom. The molecule has 0 saturated carbocycles. The number of likely N-dealkylation sites (N-methyl/N-ethyl adjacent to an activating group) is 1. The Morgan fingerprint density at radius 1 is 1.44 bits per heavy atom. The van der Waals surface area contributed by atoms with E-state index in [1.807, 2.05) is 12.1 Å². The molecule has 0 bridgehead atoms. The standard InChI is InChI=1S/C15H23NO2/c1-10(2)9-16(3)14-7-11-5-6-12(18-4)8-13(11)15(14)17/h5-6,8,10,14-15,17H,7,9H2,1-4H3. The predicted octanol–water partition coefficient (Wildman–Crippen LogP) is 2.24. The highest BCUT2D eigenvalue weighted by Gasteiger charge is 2.33. The third kappa shape index (κ3) is 2.52. The van der Waals surface area contributed by atoms with Crippen LogP contribution in [0, 0.1) is 5.92 Å². The average Bonchev–Trinajstić information content (AvgIpc) is 2.65. The van der Waals surface area contributed by atoms with Gasteiger partial charge in [-0.3, -0.25) is 4.90 Å². The topological polar surface area (TPSA) is 32.7 Å². The second-order valence-electron chi connectivity index (χ2n) is 5.61. The summed E-state index contributed by atoms with van der Waals surface area (Å²) >= 11 is 0. The van der Waals surface area contributed by atoms with Crippen LogP contribution in [0.15, 0.2) is 18.2 Å². The van der Waals surface area contributed by atoms with Crippen LogP contribution in [-0.4, -0.2) is 36.8 Å². The van der Waals surface area contributed by atoms with E-state index in [1.165, 1.54) is 5.56 Å². The number of rotatable bonds is 4. The average molecular weight is 249 g/mol. The zero-order chi connectivity index (χ0) is 13.3. The van der Waals surface area contributed by atoms with Gasteiger partial charge in [-0.05, 0) is 42.6 Å². The summed E-state index contributed by atoms with van der Waals surface area (Å²) in [5.41, 5.74) is 2.26. The highest BCUT2D eigenvalue weighted by molar-refractivity contribution is 5.41. The molecular weight excluding hydrogens is 226 g/mol. The summed E-state index contributed by atoms with van der Waals surface area (Å²) in [6.07, 6.45) is 0.517. The lowest BCUT2D eigenvalue weighted by molar-refractivity contribution is 0.0699. The second-order valence-corrected chi connectivity index (χ2v) is 5.61. The van der Waals surface area contributed by atoms with Gasteiger partial charge in [-0.1, -0.05) is 19.9 Å². The van der Waals surface area contributed by atoms with E-state index in [1.54, 1.807) is 7.11 Å². The van der Waals surface area contributed by atoms with Gasteiger partial charge in [-0.2, -0.15) is 0 Å². The summed E-state index contributed by atoms with van der Waals surface area (Å²) in [5, 5.41) is 10.4. The minimum absolute atomic E-state index is 0.189. The normalized spacial score (nSPS) is 22.6. The van der Waals surface area contributed by atoms with Gasteiger partial charge < -0.3 is 9.84 Å². The van der Waals surface area contributed by atoms with Crippen LogP contribution in [0.3, 0.4) is 0 Å². The number of hydrogen-bond donors (Lipinski definition) is 1. The monoisotopic (exact) mass is 249 g/mol. The van der Waals surface area contributed by atoms with Crippen molar-refractivity contribution in [3.63, 3.8) is 0 Å². The maximum absolute atomic E-state index is 10.4. The molecule has 1 N–H and O–H groups in total. The predicted molar refractivity (Wildman–Crippen MR) is 72.9 cm³/mol. The molecule has 0 heterocycles. The molecule has 0 aromatic heterocycles. The van der Waals surface area contributed by atoms with Crippen molar-refractivity contribution >= 4 is 0 Å². The third-order valence-corrected chi connectivity index (χ3v) is 3.68. The Hall–Kier alpha value is -1.06. The molecule has 18 heavy (non-hydrogen) atoms. The van der Waals surface area contributed by atoms with Crippen molar-refractivity contribution in [3.8, 4) is 5.75 Å². The zero-order valence-corrected chi connectivity index (χ0v) is 11.7. The van der Waals surface area contributed by atoms with Crippen molar-refractivity contribution in [1.82, 2.24) is 4.90 Å². The second kappa shape index (κ2) is 5.29. The summed E-state index contributed by atoms with van der Waals surface area (Å²) in [6, 6.07) is 6.19. The van der Waals surface area contributed by atoms with Crippen LogP contribution >= 0.6 is 0 Å².